The van der Waals surface area contributed by atoms with E-state index in [0.717, 1.165) is 19.3 Å². The van der Waals surface area contributed by atoms with Gasteiger partial charge in [-0.25, -0.2) is 5.90 Å². The first-order chi connectivity index (χ1) is 6.49. The Bertz CT molecular complexity index is 219. The summed E-state index contributed by atoms with van der Waals surface area (Å²) in [5.74, 6) is 5.50. The SMILES string of the molecule is CC1CCC(CC(=O)O)(ON)CC1C. The fraction of sp³-hybridized carbons (Fsp3) is 0.900. The average molecular weight is 201 g/mol. The molecule has 1 aliphatic carbocycles. The molecule has 3 N–H and O–H groups in total. The Hall–Kier alpha value is -0.610. The van der Waals surface area contributed by atoms with Crippen LogP contribution in [0.4, 0.5) is 0 Å². The maximum Gasteiger partial charge on any atom is 0.306 e. The third-order valence-corrected chi connectivity index (χ3v) is 3.44. The zero-order valence-electron chi connectivity index (χ0n) is 8.82. The largest absolute Gasteiger partial charge is 0.481 e. The number of carboxylic acid groups (broad SMARTS) is 1. The first-order valence-corrected chi connectivity index (χ1v) is 5.09. The van der Waals surface area contributed by atoms with Crippen LogP contribution in [0.2, 0.25) is 0 Å². The second-order valence-corrected chi connectivity index (χ2v) is 4.57. The second kappa shape index (κ2) is 4.28. The van der Waals surface area contributed by atoms with Gasteiger partial charge in [-0.2, -0.15) is 0 Å². The Balaban J connectivity index is 2.66. The number of nitrogens with two attached hydrogens (primary N) is 1. The molecule has 0 spiro atoms. The Labute approximate surface area is 84.4 Å². The van der Waals surface area contributed by atoms with Gasteiger partial charge in [-0.1, -0.05) is 13.8 Å². The topological polar surface area (TPSA) is 72.5 Å². The average Bonchev–Trinajstić information content (AvgIpc) is 2.11. The highest BCUT2D eigenvalue weighted by Crippen LogP contribution is 2.39. The van der Waals surface area contributed by atoms with E-state index in [-0.39, 0.29) is 6.42 Å². The van der Waals surface area contributed by atoms with Gasteiger partial charge in [0, 0.05) is 0 Å². The number of carboxylic acids is 1. The van der Waals surface area contributed by atoms with E-state index in [4.69, 9.17) is 15.8 Å². The zero-order chi connectivity index (χ0) is 10.8. The van der Waals surface area contributed by atoms with Crippen molar-refractivity contribution in [3.05, 3.63) is 0 Å². The van der Waals surface area contributed by atoms with E-state index < -0.39 is 11.6 Å². The van der Waals surface area contributed by atoms with E-state index in [2.05, 4.69) is 13.8 Å². The zero-order valence-corrected chi connectivity index (χ0v) is 8.82. The molecule has 0 amide bonds. The van der Waals surface area contributed by atoms with Gasteiger partial charge in [0.05, 0.1) is 6.42 Å². The molecule has 0 aromatic rings. The van der Waals surface area contributed by atoms with Gasteiger partial charge in [0.15, 0.2) is 0 Å². The minimum Gasteiger partial charge on any atom is -0.481 e. The number of hydrogen-bond donors (Lipinski definition) is 2. The third-order valence-electron chi connectivity index (χ3n) is 3.44. The summed E-state index contributed by atoms with van der Waals surface area (Å²) >= 11 is 0. The van der Waals surface area contributed by atoms with Crippen molar-refractivity contribution >= 4 is 5.97 Å². The van der Waals surface area contributed by atoms with Crippen molar-refractivity contribution in [3.8, 4) is 0 Å². The van der Waals surface area contributed by atoms with E-state index in [1.54, 1.807) is 0 Å². The second-order valence-electron chi connectivity index (χ2n) is 4.57. The molecule has 0 aromatic carbocycles. The van der Waals surface area contributed by atoms with Gasteiger partial charge >= 0.3 is 5.97 Å². The molecule has 1 rings (SSSR count). The van der Waals surface area contributed by atoms with Gasteiger partial charge < -0.3 is 5.11 Å². The van der Waals surface area contributed by atoms with Gasteiger partial charge in [-0.3, -0.25) is 9.63 Å². The highest BCUT2D eigenvalue weighted by atomic mass is 16.6. The van der Waals surface area contributed by atoms with Crippen LogP contribution in [0.3, 0.4) is 0 Å². The molecule has 0 aliphatic heterocycles. The summed E-state index contributed by atoms with van der Waals surface area (Å²) in [5, 5.41) is 8.78. The Morgan fingerprint density at radius 1 is 1.57 bits per heavy atom. The van der Waals surface area contributed by atoms with E-state index in [1.807, 2.05) is 0 Å². The summed E-state index contributed by atoms with van der Waals surface area (Å²) in [6.45, 7) is 4.31. The van der Waals surface area contributed by atoms with Crippen LogP contribution in [0, 0.1) is 11.8 Å². The van der Waals surface area contributed by atoms with Crippen LogP contribution in [-0.4, -0.2) is 16.7 Å². The molecule has 1 saturated carbocycles. The molecule has 4 heteroatoms. The molecule has 3 atom stereocenters. The van der Waals surface area contributed by atoms with E-state index in [1.165, 1.54) is 0 Å². The molecule has 4 nitrogen and oxygen atoms in total. The van der Waals surface area contributed by atoms with Gasteiger partial charge in [0.1, 0.15) is 5.60 Å². The molecule has 0 radical (unpaired) electrons. The number of rotatable bonds is 3. The van der Waals surface area contributed by atoms with Crippen molar-refractivity contribution in [3.63, 3.8) is 0 Å². The monoisotopic (exact) mass is 201 g/mol. The van der Waals surface area contributed by atoms with Gasteiger partial charge in [-0.05, 0) is 31.1 Å². The third kappa shape index (κ3) is 2.45. The molecule has 0 heterocycles. The molecular weight excluding hydrogens is 182 g/mol. The van der Waals surface area contributed by atoms with E-state index in [0.29, 0.717) is 11.8 Å². The first-order valence-electron chi connectivity index (χ1n) is 5.09. The smallest absolute Gasteiger partial charge is 0.306 e. The lowest BCUT2D eigenvalue weighted by molar-refractivity contribution is -0.152. The summed E-state index contributed by atoms with van der Waals surface area (Å²) in [5.41, 5.74) is -0.627. The molecule has 0 saturated heterocycles. The minimum atomic E-state index is -0.836. The molecule has 0 bridgehead atoms. The fourth-order valence-corrected chi connectivity index (χ4v) is 2.25. The van der Waals surface area contributed by atoms with Crippen LogP contribution in [-0.2, 0) is 9.63 Å². The van der Waals surface area contributed by atoms with Crippen molar-refractivity contribution in [2.24, 2.45) is 17.7 Å². The van der Waals surface area contributed by atoms with Crippen molar-refractivity contribution in [2.75, 3.05) is 0 Å². The van der Waals surface area contributed by atoms with Crippen molar-refractivity contribution in [1.29, 1.82) is 0 Å². The highest BCUT2D eigenvalue weighted by Gasteiger charge is 2.40. The Morgan fingerprint density at radius 2 is 2.21 bits per heavy atom. The minimum absolute atomic E-state index is 0.0144. The van der Waals surface area contributed by atoms with Crippen molar-refractivity contribution in [1.82, 2.24) is 0 Å². The maximum atomic E-state index is 10.7. The highest BCUT2D eigenvalue weighted by molar-refractivity contribution is 5.68. The quantitative estimate of drug-likeness (QED) is 0.679. The number of hydrogen-bond acceptors (Lipinski definition) is 3. The maximum absolute atomic E-state index is 10.7. The van der Waals surface area contributed by atoms with E-state index in [9.17, 15) is 4.79 Å². The first kappa shape index (κ1) is 11.5. The summed E-state index contributed by atoms with van der Waals surface area (Å²) in [6, 6.07) is 0. The van der Waals surface area contributed by atoms with Crippen LogP contribution in [0.5, 0.6) is 0 Å². The summed E-state index contributed by atoms with van der Waals surface area (Å²) in [4.78, 5) is 15.6. The predicted octanol–water partition coefficient (Wildman–Crippen LogP) is 1.55. The molecular formula is C10H19NO3. The molecule has 14 heavy (non-hydrogen) atoms. The lowest BCUT2D eigenvalue weighted by Crippen LogP contribution is -2.43. The summed E-state index contributed by atoms with van der Waals surface area (Å²) < 4.78 is 0. The lowest BCUT2D eigenvalue weighted by atomic mass is 9.72. The molecule has 82 valence electrons. The predicted molar refractivity (Wildman–Crippen MR) is 52.4 cm³/mol. The van der Waals surface area contributed by atoms with Crippen LogP contribution in [0.1, 0.15) is 39.5 Å². The lowest BCUT2D eigenvalue weighted by Gasteiger charge is -2.40. The van der Waals surface area contributed by atoms with Gasteiger partial charge in [0.2, 0.25) is 0 Å². The van der Waals surface area contributed by atoms with Gasteiger partial charge in [-0.15, -0.1) is 0 Å². The summed E-state index contributed by atoms with van der Waals surface area (Å²) in [6.07, 6.45) is 2.50. The Kier molecular flexibility index (Phi) is 3.50. The molecule has 1 aliphatic rings. The van der Waals surface area contributed by atoms with Crippen LogP contribution < -0.4 is 5.90 Å². The van der Waals surface area contributed by atoms with Crippen molar-refractivity contribution < 1.29 is 14.7 Å². The van der Waals surface area contributed by atoms with E-state index >= 15 is 0 Å². The van der Waals surface area contributed by atoms with Crippen LogP contribution >= 0.6 is 0 Å². The van der Waals surface area contributed by atoms with Crippen LogP contribution in [0.25, 0.3) is 0 Å². The standard InChI is InChI=1S/C10H19NO3/c1-7-3-4-10(14-11,5-8(7)2)6-9(12)13/h7-8H,3-6,11H2,1-2H3,(H,12,13). The fourth-order valence-electron chi connectivity index (χ4n) is 2.25. The molecule has 0 aromatic heterocycles. The normalized spacial score (nSPS) is 38.2. The van der Waals surface area contributed by atoms with Crippen LogP contribution in [0.15, 0.2) is 0 Å². The summed E-state index contributed by atoms with van der Waals surface area (Å²) in [7, 11) is 0. The molecule has 3 unspecified atom stereocenters. The molecule has 1 fully saturated rings. The number of carbonyl (C=O) groups is 1. The van der Waals surface area contributed by atoms with Gasteiger partial charge in [0.25, 0.3) is 0 Å². The Morgan fingerprint density at radius 3 is 2.64 bits per heavy atom. The number of aliphatic carboxylic acids is 1. The van der Waals surface area contributed by atoms with Crippen molar-refractivity contribution in [2.45, 2.75) is 45.1 Å².